The Kier molecular flexibility index (Phi) is 4.03. The summed E-state index contributed by atoms with van der Waals surface area (Å²) in [4.78, 5) is 28.8. The van der Waals surface area contributed by atoms with Crippen molar-refractivity contribution >= 4 is 16.9 Å². The number of hydrogen-bond acceptors (Lipinski definition) is 4. The Balaban J connectivity index is 1.65. The molecule has 0 radical (unpaired) electrons. The van der Waals surface area contributed by atoms with Crippen molar-refractivity contribution in [3.05, 3.63) is 50.9 Å². The van der Waals surface area contributed by atoms with E-state index in [1.165, 1.54) is 18.5 Å². The first-order valence-electron chi connectivity index (χ1n) is 9.99. The quantitative estimate of drug-likeness (QED) is 0.635. The third kappa shape index (κ3) is 2.76. The van der Waals surface area contributed by atoms with E-state index in [4.69, 9.17) is 0 Å². The van der Waals surface area contributed by atoms with Crippen LogP contribution in [-0.4, -0.2) is 43.7 Å². The van der Waals surface area contributed by atoms with Gasteiger partial charge in [0.25, 0.3) is 5.56 Å². The minimum Gasteiger partial charge on any atom is -0.506 e. The number of carboxylic acid groups (broad SMARTS) is 1. The van der Waals surface area contributed by atoms with Gasteiger partial charge in [-0.25, -0.2) is 4.79 Å². The first kappa shape index (κ1) is 18.0. The average molecular weight is 393 g/mol. The van der Waals surface area contributed by atoms with E-state index < -0.39 is 22.8 Å². The second-order valence-electron chi connectivity index (χ2n) is 8.08. The third-order valence-corrected chi connectivity index (χ3v) is 6.37. The summed E-state index contributed by atoms with van der Waals surface area (Å²) in [5.41, 5.74) is 4.04. The molecule has 29 heavy (non-hydrogen) atoms. The molecule has 0 saturated carbocycles. The maximum absolute atomic E-state index is 12.3. The predicted molar refractivity (Wildman–Crippen MR) is 110 cm³/mol. The third-order valence-electron chi connectivity index (χ3n) is 6.37. The lowest BCUT2D eigenvalue weighted by Crippen LogP contribution is -2.22. The van der Waals surface area contributed by atoms with Gasteiger partial charge in [0.15, 0.2) is 5.56 Å². The fourth-order valence-corrected chi connectivity index (χ4v) is 4.81. The number of fused-ring (bicyclic) bond motifs is 4. The lowest BCUT2D eigenvalue weighted by atomic mass is 9.87. The maximum Gasteiger partial charge on any atom is 0.345 e. The number of H-pyrrole nitrogens is 1. The summed E-state index contributed by atoms with van der Waals surface area (Å²) in [6.07, 6.45) is 3.68. The normalized spacial score (nSPS) is 16.2. The van der Waals surface area contributed by atoms with E-state index in [1.54, 1.807) is 0 Å². The van der Waals surface area contributed by atoms with Gasteiger partial charge in [-0.15, -0.1) is 0 Å². The molecular formula is C22H23N3O4. The highest BCUT2D eigenvalue weighted by molar-refractivity contribution is 5.94. The number of aromatic amines is 1. The standard InChI is InChI=1S/C22H23N3O4/c1-24-14(11-25-6-2-3-7-25)8-13-9-16-12(10-17(13)24)4-5-15-19(16)23-21(27)18(20(15)26)22(28)29/h8-10H,2-7,11H2,1H3,(H,28,29)(H2,23,26,27). The number of nitrogens with one attached hydrogen (secondary N) is 1. The fraction of sp³-hybridized carbons (Fsp3) is 0.364. The van der Waals surface area contributed by atoms with E-state index >= 15 is 0 Å². The summed E-state index contributed by atoms with van der Waals surface area (Å²) < 4.78 is 2.23. The number of carboxylic acids is 1. The van der Waals surface area contributed by atoms with E-state index in [0.29, 0.717) is 24.1 Å². The Bertz CT molecular complexity index is 1220. The molecule has 2 aliphatic rings. The molecule has 1 saturated heterocycles. The molecule has 1 aliphatic heterocycles. The van der Waals surface area contributed by atoms with Crippen LogP contribution >= 0.6 is 0 Å². The summed E-state index contributed by atoms with van der Waals surface area (Å²) in [6.45, 7) is 3.20. The van der Waals surface area contributed by atoms with Crippen LogP contribution < -0.4 is 5.56 Å². The van der Waals surface area contributed by atoms with E-state index in [9.17, 15) is 19.8 Å². The van der Waals surface area contributed by atoms with Gasteiger partial charge in [0, 0.05) is 41.3 Å². The molecule has 7 heteroatoms. The van der Waals surface area contributed by atoms with Gasteiger partial charge >= 0.3 is 5.97 Å². The number of aryl methyl sites for hydroxylation is 2. The number of carbonyl (C=O) groups is 1. The van der Waals surface area contributed by atoms with Crippen molar-refractivity contribution in [1.29, 1.82) is 0 Å². The van der Waals surface area contributed by atoms with Crippen molar-refractivity contribution in [2.24, 2.45) is 7.05 Å². The van der Waals surface area contributed by atoms with Crippen LogP contribution in [-0.2, 0) is 26.4 Å². The number of aromatic hydroxyl groups is 1. The zero-order valence-corrected chi connectivity index (χ0v) is 16.3. The molecular weight excluding hydrogens is 370 g/mol. The second-order valence-corrected chi connectivity index (χ2v) is 8.08. The molecule has 1 aliphatic carbocycles. The highest BCUT2D eigenvalue weighted by atomic mass is 16.4. The van der Waals surface area contributed by atoms with Crippen LogP contribution in [0.1, 0.15) is 40.0 Å². The molecule has 150 valence electrons. The predicted octanol–water partition coefficient (Wildman–Crippen LogP) is 2.63. The largest absolute Gasteiger partial charge is 0.506 e. The van der Waals surface area contributed by atoms with E-state index in [2.05, 4.69) is 33.6 Å². The minimum absolute atomic E-state index is 0.412. The number of pyridine rings is 1. The molecule has 1 aromatic carbocycles. The lowest BCUT2D eigenvalue weighted by Gasteiger charge is -2.21. The number of benzene rings is 1. The zero-order chi connectivity index (χ0) is 20.3. The zero-order valence-electron chi connectivity index (χ0n) is 16.3. The van der Waals surface area contributed by atoms with Crippen molar-refractivity contribution in [3.8, 4) is 17.0 Å². The van der Waals surface area contributed by atoms with Gasteiger partial charge in [-0.05, 0) is 62.5 Å². The smallest absolute Gasteiger partial charge is 0.345 e. The molecule has 0 atom stereocenters. The maximum atomic E-state index is 12.3. The molecule has 1 fully saturated rings. The molecule has 5 rings (SSSR count). The SMILES string of the molecule is Cn1c(CN2CCCC2)cc2cc3c(cc21)CCc1c-3[nH]c(=O)c(C(=O)O)c1O. The van der Waals surface area contributed by atoms with Crippen molar-refractivity contribution in [2.75, 3.05) is 13.1 Å². The summed E-state index contributed by atoms with van der Waals surface area (Å²) in [5.74, 6) is -1.83. The number of rotatable bonds is 3. The van der Waals surface area contributed by atoms with Gasteiger partial charge in [-0.1, -0.05) is 0 Å². The number of hydrogen-bond donors (Lipinski definition) is 3. The second kappa shape index (κ2) is 6.49. The van der Waals surface area contributed by atoms with Crippen LogP contribution in [0, 0.1) is 0 Å². The molecule has 3 aromatic rings. The van der Waals surface area contributed by atoms with Crippen LogP contribution in [0.5, 0.6) is 5.75 Å². The number of aromatic carboxylic acids is 1. The molecule has 3 heterocycles. The van der Waals surface area contributed by atoms with Gasteiger partial charge in [-0.2, -0.15) is 0 Å². The summed E-state index contributed by atoms with van der Waals surface area (Å²) in [6, 6.07) is 6.39. The lowest BCUT2D eigenvalue weighted by molar-refractivity contribution is 0.0691. The number of nitrogens with zero attached hydrogens (tertiary/aromatic N) is 2. The Morgan fingerprint density at radius 3 is 2.66 bits per heavy atom. The van der Waals surface area contributed by atoms with Gasteiger partial charge < -0.3 is 19.8 Å². The average Bonchev–Trinajstić information content (AvgIpc) is 3.29. The van der Waals surface area contributed by atoms with Crippen LogP contribution in [0.4, 0.5) is 0 Å². The molecule has 7 nitrogen and oxygen atoms in total. The highest BCUT2D eigenvalue weighted by Crippen LogP contribution is 2.39. The van der Waals surface area contributed by atoms with Gasteiger partial charge in [0.05, 0.1) is 5.69 Å². The Hall–Kier alpha value is -3.06. The topological polar surface area (TPSA) is 98.6 Å². The van der Waals surface area contributed by atoms with Crippen LogP contribution in [0.25, 0.3) is 22.2 Å². The van der Waals surface area contributed by atoms with Crippen LogP contribution in [0.2, 0.25) is 0 Å². The summed E-state index contributed by atoms with van der Waals surface area (Å²) >= 11 is 0. The molecule has 0 amide bonds. The van der Waals surface area contributed by atoms with E-state index in [-0.39, 0.29) is 0 Å². The van der Waals surface area contributed by atoms with Crippen molar-refractivity contribution in [1.82, 2.24) is 14.5 Å². The van der Waals surface area contributed by atoms with Crippen molar-refractivity contribution < 1.29 is 15.0 Å². The Labute approximate surface area is 167 Å². The summed E-state index contributed by atoms with van der Waals surface area (Å²) in [5, 5.41) is 20.7. The molecule has 0 spiro atoms. The monoisotopic (exact) mass is 393 g/mol. The van der Waals surface area contributed by atoms with Crippen molar-refractivity contribution in [2.45, 2.75) is 32.2 Å². The molecule has 0 bridgehead atoms. The van der Waals surface area contributed by atoms with E-state index in [1.807, 2.05) is 6.07 Å². The number of likely N-dealkylation sites (tertiary alicyclic amines) is 1. The first-order chi connectivity index (χ1) is 13.9. The van der Waals surface area contributed by atoms with Crippen molar-refractivity contribution in [3.63, 3.8) is 0 Å². The fourth-order valence-electron chi connectivity index (χ4n) is 4.81. The van der Waals surface area contributed by atoms with Gasteiger partial charge in [-0.3, -0.25) is 9.69 Å². The first-order valence-corrected chi connectivity index (χ1v) is 9.99. The Morgan fingerprint density at radius 1 is 1.17 bits per heavy atom. The minimum atomic E-state index is -1.41. The molecule has 3 N–H and O–H groups in total. The van der Waals surface area contributed by atoms with Gasteiger partial charge in [0.1, 0.15) is 5.75 Å². The molecule has 2 aromatic heterocycles. The van der Waals surface area contributed by atoms with Crippen LogP contribution in [0.15, 0.2) is 23.0 Å². The Morgan fingerprint density at radius 2 is 1.93 bits per heavy atom. The molecule has 0 unspecified atom stereocenters. The number of aromatic nitrogens is 2. The van der Waals surface area contributed by atoms with E-state index in [0.717, 1.165) is 41.7 Å². The summed E-state index contributed by atoms with van der Waals surface area (Å²) in [7, 11) is 2.09. The van der Waals surface area contributed by atoms with Crippen LogP contribution in [0.3, 0.4) is 0 Å². The van der Waals surface area contributed by atoms with Gasteiger partial charge in [0.2, 0.25) is 0 Å². The highest BCUT2D eigenvalue weighted by Gasteiger charge is 2.27.